The lowest BCUT2D eigenvalue weighted by atomic mass is 10.2. The summed E-state index contributed by atoms with van der Waals surface area (Å²) in [5.41, 5.74) is 1.12. The highest BCUT2D eigenvalue weighted by atomic mass is 32.2. The van der Waals surface area contributed by atoms with Crippen molar-refractivity contribution in [3.8, 4) is 0 Å². The molecule has 0 saturated carbocycles. The van der Waals surface area contributed by atoms with Crippen LogP contribution in [0, 0.1) is 13.8 Å². The number of benzene rings is 1. The molecule has 0 atom stereocenters. The van der Waals surface area contributed by atoms with Crippen molar-refractivity contribution < 1.29 is 17.6 Å². The molecule has 4 N–H and O–H groups in total. The lowest BCUT2D eigenvalue weighted by Crippen LogP contribution is -2.21. The Bertz CT molecular complexity index is 780. The Morgan fingerprint density at radius 1 is 1.19 bits per heavy atom. The molecule has 0 bridgehead atoms. The van der Waals surface area contributed by atoms with Gasteiger partial charge in [-0.05, 0) is 38.1 Å². The summed E-state index contributed by atoms with van der Waals surface area (Å²) >= 11 is 0. The Morgan fingerprint density at radius 2 is 1.86 bits per heavy atom. The number of hydrogen-bond donors (Lipinski definition) is 3. The van der Waals surface area contributed by atoms with Gasteiger partial charge in [0.15, 0.2) is 0 Å². The normalized spacial score (nSPS) is 11.2. The number of nitrogens with two attached hydrogens (primary N) is 1. The molecule has 21 heavy (non-hydrogen) atoms. The molecule has 1 amide bonds. The summed E-state index contributed by atoms with van der Waals surface area (Å²) in [6.07, 6.45) is 0. The number of carbonyl (C=O) groups is 1. The fourth-order valence-electron chi connectivity index (χ4n) is 1.88. The third kappa shape index (κ3) is 4.07. The molecule has 2 rings (SSSR count). The quantitative estimate of drug-likeness (QED) is 0.798. The van der Waals surface area contributed by atoms with Crippen LogP contribution < -0.4 is 15.2 Å². The average molecular weight is 309 g/mol. The van der Waals surface area contributed by atoms with E-state index in [4.69, 9.17) is 9.56 Å². The number of rotatable bonds is 4. The molecule has 2 aromatic rings. The lowest BCUT2D eigenvalue weighted by Gasteiger charge is -2.07. The molecule has 0 unspecified atom stereocenters. The van der Waals surface area contributed by atoms with Crippen molar-refractivity contribution in [2.75, 3.05) is 10.0 Å². The number of anilines is 2. The number of nitrogens with one attached hydrogen (secondary N) is 2. The predicted molar refractivity (Wildman–Crippen MR) is 79.3 cm³/mol. The van der Waals surface area contributed by atoms with Gasteiger partial charge in [0.25, 0.3) is 16.1 Å². The third-order valence-electron chi connectivity index (χ3n) is 2.67. The van der Waals surface area contributed by atoms with Gasteiger partial charge in [-0.15, -0.1) is 0 Å². The van der Waals surface area contributed by atoms with Gasteiger partial charge in [-0.25, -0.2) is 5.14 Å². The SMILES string of the molecule is Cc1cc(C(=O)Nc2cccc(NS(N)(=O)=O)c2)c(C)o1. The molecule has 0 saturated heterocycles. The zero-order valence-electron chi connectivity index (χ0n) is 11.5. The number of carbonyl (C=O) groups excluding carboxylic acids is 1. The first kappa shape index (κ1) is 15.1. The van der Waals surface area contributed by atoms with Crippen LogP contribution in [0.4, 0.5) is 11.4 Å². The van der Waals surface area contributed by atoms with E-state index < -0.39 is 10.2 Å². The highest BCUT2D eigenvalue weighted by Gasteiger charge is 2.14. The number of hydrogen-bond acceptors (Lipinski definition) is 4. The van der Waals surface area contributed by atoms with E-state index in [0.29, 0.717) is 22.8 Å². The third-order valence-corrected chi connectivity index (χ3v) is 3.19. The standard InChI is InChI=1S/C13H15N3O4S/c1-8-6-12(9(2)20-8)13(17)15-10-4-3-5-11(7-10)16-21(14,18)19/h3-7,16H,1-2H3,(H,15,17)(H2,14,18,19). The second-order valence-corrected chi connectivity index (χ2v) is 5.80. The Balaban J connectivity index is 2.18. The summed E-state index contributed by atoms with van der Waals surface area (Å²) in [7, 11) is -3.86. The highest BCUT2D eigenvalue weighted by molar-refractivity contribution is 7.90. The van der Waals surface area contributed by atoms with E-state index in [1.165, 1.54) is 12.1 Å². The molecular formula is C13H15N3O4S. The molecule has 0 spiro atoms. The van der Waals surface area contributed by atoms with Gasteiger partial charge in [-0.3, -0.25) is 9.52 Å². The average Bonchev–Trinajstić information content (AvgIpc) is 2.66. The van der Waals surface area contributed by atoms with E-state index in [9.17, 15) is 13.2 Å². The smallest absolute Gasteiger partial charge is 0.296 e. The maximum Gasteiger partial charge on any atom is 0.296 e. The van der Waals surface area contributed by atoms with Crippen LogP contribution in [0.5, 0.6) is 0 Å². The maximum absolute atomic E-state index is 12.1. The fourth-order valence-corrected chi connectivity index (χ4v) is 2.33. The molecule has 112 valence electrons. The molecule has 7 nitrogen and oxygen atoms in total. The largest absolute Gasteiger partial charge is 0.466 e. The van der Waals surface area contributed by atoms with E-state index in [1.54, 1.807) is 32.0 Å². The van der Waals surface area contributed by atoms with Crippen LogP contribution >= 0.6 is 0 Å². The van der Waals surface area contributed by atoms with Crippen LogP contribution in [0.3, 0.4) is 0 Å². The highest BCUT2D eigenvalue weighted by Crippen LogP contribution is 2.19. The molecule has 1 aromatic heterocycles. The maximum atomic E-state index is 12.1. The van der Waals surface area contributed by atoms with Gasteiger partial charge in [0.2, 0.25) is 0 Å². The van der Waals surface area contributed by atoms with Crippen molar-refractivity contribution >= 4 is 27.5 Å². The minimum Gasteiger partial charge on any atom is -0.466 e. The van der Waals surface area contributed by atoms with Gasteiger partial charge >= 0.3 is 0 Å². The van der Waals surface area contributed by atoms with E-state index in [0.717, 1.165) is 0 Å². The van der Waals surface area contributed by atoms with Crippen LogP contribution in [0.15, 0.2) is 34.7 Å². The van der Waals surface area contributed by atoms with Crippen molar-refractivity contribution in [2.24, 2.45) is 5.14 Å². The first-order valence-electron chi connectivity index (χ1n) is 6.03. The van der Waals surface area contributed by atoms with Crippen molar-refractivity contribution in [3.63, 3.8) is 0 Å². The summed E-state index contributed by atoms with van der Waals surface area (Å²) in [4.78, 5) is 12.1. The van der Waals surface area contributed by atoms with Gasteiger partial charge in [-0.1, -0.05) is 6.07 Å². The number of amides is 1. The minimum atomic E-state index is -3.86. The molecular weight excluding hydrogens is 294 g/mol. The van der Waals surface area contributed by atoms with Crippen LogP contribution in [0.2, 0.25) is 0 Å². The monoisotopic (exact) mass is 309 g/mol. The summed E-state index contributed by atoms with van der Waals surface area (Å²) in [6, 6.07) is 7.85. The zero-order valence-corrected chi connectivity index (χ0v) is 12.3. The fraction of sp³-hybridized carbons (Fsp3) is 0.154. The van der Waals surface area contributed by atoms with Gasteiger partial charge in [0, 0.05) is 5.69 Å². The summed E-state index contributed by atoms with van der Waals surface area (Å²) in [5.74, 6) is 0.822. The Labute approximate surface area is 122 Å². The van der Waals surface area contributed by atoms with E-state index in [2.05, 4.69) is 10.0 Å². The van der Waals surface area contributed by atoms with Gasteiger partial charge in [0.1, 0.15) is 11.5 Å². The molecule has 0 aliphatic carbocycles. The van der Waals surface area contributed by atoms with Gasteiger partial charge in [0.05, 0.1) is 11.3 Å². The van der Waals surface area contributed by atoms with Crippen molar-refractivity contribution in [2.45, 2.75) is 13.8 Å². The molecule has 1 heterocycles. The number of aryl methyl sites for hydroxylation is 2. The van der Waals surface area contributed by atoms with Crippen LogP contribution in [-0.2, 0) is 10.2 Å². The minimum absolute atomic E-state index is 0.260. The Morgan fingerprint density at radius 3 is 2.43 bits per heavy atom. The molecule has 8 heteroatoms. The lowest BCUT2D eigenvalue weighted by molar-refractivity contribution is 0.102. The first-order chi connectivity index (χ1) is 9.74. The second-order valence-electron chi connectivity index (χ2n) is 4.51. The first-order valence-corrected chi connectivity index (χ1v) is 7.58. The van der Waals surface area contributed by atoms with Crippen molar-refractivity contribution in [1.82, 2.24) is 0 Å². The summed E-state index contributed by atoms with van der Waals surface area (Å²) in [6.45, 7) is 3.45. The summed E-state index contributed by atoms with van der Waals surface area (Å²) < 4.78 is 29.4. The van der Waals surface area contributed by atoms with E-state index >= 15 is 0 Å². The van der Waals surface area contributed by atoms with Crippen molar-refractivity contribution in [1.29, 1.82) is 0 Å². The molecule has 0 fully saturated rings. The Kier molecular flexibility index (Phi) is 4.01. The molecule has 0 aliphatic heterocycles. The van der Waals surface area contributed by atoms with E-state index in [1.807, 2.05) is 0 Å². The molecule has 0 radical (unpaired) electrons. The summed E-state index contributed by atoms with van der Waals surface area (Å²) in [5, 5.41) is 7.56. The molecule has 0 aliphatic rings. The Hall–Kier alpha value is -2.32. The predicted octanol–water partition coefficient (Wildman–Crippen LogP) is 1.76. The van der Waals surface area contributed by atoms with E-state index in [-0.39, 0.29) is 11.6 Å². The van der Waals surface area contributed by atoms with Crippen LogP contribution in [-0.4, -0.2) is 14.3 Å². The van der Waals surface area contributed by atoms with Crippen LogP contribution in [0.25, 0.3) is 0 Å². The zero-order chi connectivity index (χ0) is 15.6. The van der Waals surface area contributed by atoms with Gasteiger partial charge in [-0.2, -0.15) is 8.42 Å². The number of furan rings is 1. The molecule has 1 aromatic carbocycles. The van der Waals surface area contributed by atoms with Gasteiger partial charge < -0.3 is 9.73 Å². The van der Waals surface area contributed by atoms with Crippen LogP contribution in [0.1, 0.15) is 21.9 Å². The van der Waals surface area contributed by atoms with Crippen molar-refractivity contribution in [3.05, 3.63) is 47.4 Å². The second kappa shape index (κ2) is 5.58. The topological polar surface area (TPSA) is 114 Å².